The van der Waals surface area contributed by atoms with E-state index in [1.807, 2.05) is 36.2 Å². The number of hydrogen-bond acceptors (Lipinski definition) is 6. The van der Waals surface area contributed by atoms with Gasteiger partial charge in [-0.15, -0.1) is 24.5 Å². The van der Waals surface area contributed by atoms with Crippen molar-refractivity contribution in [2.24, 2.45) is 0 Å². The summed E-state index contributed by atoms with van der Waals surface area (Å²) in [6, 6.07) is 12.6. The van der Waals surface area contributed by atoms with Crippen molar-refractivity contribution in [1.82, 2.24) is 4.57 Å². The molecule has 5 rings (SSSR count). The van der Waals surface area contributed by atoms with Gasteiger partial charge in [0.15, 0.2) is 12.7 Å². The van der Waals surface area contributed by atoms with Gasteiger partial charge in [0.25, 0.3) is 10.6 Å². The highest BCUT2D eigenvalue weighted by molar-refractivity contribution is 8.08. The Kier molecular flexibility index (Phi) is 9.08. The molecule has 2 aromatic carbocycles. The summed E-state index contributed by atoms with van der Waals surface area (Å²) in [5, 5.41) is 3.59. The zero-order chi connectivity index (χ0) is 27.9. The molecule has 0 unspecified atom stereocenters. The second-order valence-corrected chi connectivity index (χ2v) is 12.3. The average molecular weight is 626 g/mol. The van der Waals surface area contributed by atoms with Crippen LogP contribution in [-0.4, -0.2) is 18.0 Å². The number of thioether (sulfide) groups is 1. The molecule has 0 fully saturated rings. The number of alkyl halides is 3. The van der Waals surface area contributed by atoms with Crippen molar-refractivity contribution in [3.63, 3.8) is 0 Å². The lowest BCUT2D eigenvalue weighted by Crippen LogP contribution is -3.00. The van der Waals surface area contributed by atoms with E-state index in [2.05, 4.69) is 41.7 Å². The van der Waals surface area contributed by atoms with Gasteiger partial charge in [0.2, 0.25) is 0 Å². The van der Waals surface area contributed by atoms with E-state index in [4.69, 9.17) is 0 Å². The van der Waals surface area contributed by atoms with Gasteiger partial charge in [0.1, 0.15) is 20.0 Å². The van der Waals surface area contributed by atoms with Crippen molar-refractivity contribution < 1.29 is 34.9 Å². The maximum absolute atomic E-state index is 13.5. The number of aromatic nitrogens is 2. The van der Waals surface area contributed by atoms with Crippen molar-refractivity contribution in [2.75, 3.05) is 11.9 Å². The summed E-state index contributed by atoms with van der Waals surface area (Å²) in [7, 11) is 1.98. The summed E-state index contributed by atoms with van der Waals surface area (Å²) in [6.07, 6.45) is -1.02. The number of nitrogens with zero attached hydrogens (tertiary/aromatic N) is 3. The number of rotatable bonds is 6. The number of para-hydroxylation sites is 1. The van der Waals surface area contributed by atoms with E-state index in [0.29, 0.717) is 22.6 Å². The molecule has 0 saturated heterocycles. The predicted molar refractivity (Wildman–Crippen MR) is 152 cm³/mol. The van der Waals surface area contributed by atoms with Gasteiger partial charge >= 0.3 is 6.36 Å². The molecule has 0 aliphatic carbocycles. The Balaban J connectivity index is 0.00000370. The first kappa shape index (κ1) is 30.2. The highest BCUT2D eigenvalue weighted by Gasteiger charge is 2.32. The van der Waals surface area contributed by atoms with Crippen LogP contribution in [0, 0.1) is 0 Å². The molecule has 0 atom stereocenters. The molecule has 0 radical (unpaired) electrons. The zero-order valence-electron chi connectivity index (χ0n) is 22.2. The maximum Gasteiger partial charge on any atom is 0.573 e. The van der Waals surface area contributed by atoms with E-state index in [-0.39, 0.29) is 30.3 Å². The molecule has 4 aromatic rings. The van der Waals surface area contributed by atoms with Crippen LogP contribution < -0.4 is 41.4 Å². The van der Waals surface area contributed by atoms with E-state index in [1.54, 1.807) is 28.5 Å². The molecule has 0 N–H and O–H groups in total. The van der Waals surface area contributed by atoms with Gasteiger partial charge in [-0.25, -0.2) is 0 Å². The van der Waals surface area contributed by atoms with Crippen molar-refractivity contribution in [3.05, 3.63) is 89.7 Å². The Bertz CT molecular complexity index is 1710. The van der Waals surface area contributed by atoms with Crippen LogP contribution in [0.25, 0.3) is 11.1 Å². The van der Waals surface area contributed by atoms with Crippen LogP contribution >= 0.6 is 34.4 Å². The molecule has 1 aliphatic rings. The highest BCUT2D eigenvalue weighted by atomic mass is 35.5. The van der Waals surface area contributed by atoms with Gasteiger partial charge in [-0.1, -0.05) is 55.1 Å². The zero-order valence-corrected chi connectivity index (χ0v) is 25.4. The molecule has 0 bridgehead atoms. The van der Waals surface area contributed by atoms with Crippen LogP contribution in [-0.2, 0) is 13.1 Å². The van der Waals surface area contributed by atoms with Gasteiger partial charge < -0.3 is 22.0 Å². The van der Waals surface area contributed by atoms with E-state index in [9.17, 15) is 18.0 Å². The smallest absolute Gasteiger partial charge is 0.573 e. The third kappa shape index (κ3) is 6.12. The first-order valence-corrected chi connectivity index (χ1v) is 14.9. The molecule has 40 heavy (non-hydrogen) atoms. The van der Waals surface area contributed by atoms with Crippen LogP contribution in [0.2, 0.25) is 0 Å². The molecular formula is C28H27ClF3N3O2S3. The van der Waals surface area contributed by atoms with Gasteiger partial charge in [0, 0.05) is 18.5 Å². The number of ether oxygens (including phenoxy) is 1. The van der Waals surface area contributed by atoms with Crippen LogP contribution in [0.15, 0.2) is 63.7 Å². The second-order valence-electron chi connectivity index (χ2n) is 9.34. The van der Waals surface area contributed by atoms with E-state index < -0.39 is 6.36 Å². The molecule has 12 heteroatoms. The lowest BCUT2D eigenvalue weighted by atomic mass is 10.0. The van der Waals surface area contributed by atoms with Crippen molar-refractivity contribution in [2.45, 2.75) is 51.0 Å². The number of thiazole rings is 2. The normalized spacial score (nSPS) is 15.0. The first-order valence-electron chi connectivity index (χ1n) is 12.4. The Morgan fingerprint density at radius 1 is 1.15 bits per heavy atom. The van der Waals surface area contributed by atoms with Crippen molar-refractivity contribution >= 4 is 51.2 Å². The number of anilines is 1. The van der Waals surface area contributed by atoms with E-state index in [0.717, 1.165) is 25.3 Å². The van der Waals surface area contributed by atoms with E-state index >= 15 is 0 Å². The van der Waals surface area contributed by atoms with Crippen LogP contribution in [0.5, 0.6) is 5.75 Å². The lowest BCUT2D eigenvalue weighted by Gasteiger charge is -2.13. The highest BCUT2D eigenvalue weighted by Crippen LogP contribution is 2.46. The Hall–Kier alpha value is -2.73. The van der Waals surface area contributed by atoms with Crippen LogP contribution in [0.4, 0.5) is 18.9 Å². The number of hydrogen-bond donors (Lipinski definition) is 0. The van der Waals surface area contributed by atoms with Crippen molar-refractivity contribution in [3.8, 4) is 5.75 Å². The van der Waals surface area contributed by atoms with Crippen LogP contribution in [0.1, 0.15) is 42.8 Å². The molecule has 212 valence electrons. The van der Waals surface area contributed by atoms with Gasteiger partial charge in [-0.3, -0.25) is 9.36 Å². The summed E-state index contributed by atoms with van der Waals surface area (Å²) >= 11 is 4.50. The van der Waals surface area contributed by atoms with Gasteiger partial charge in [0.05, 0.1) is 22.7 Å². The molecule has 0 saturated carbocycles. The number of benzene rings is 2. The molecule has 0 amide bonds. The summed E-state index contributed by atoms with van der Waals surface area (Å²) in [5.41, 5.74) is 2.70. The molecular weight excluding hydrogens is 599 g/mol. The fraction of sp³-hybridized carbons (Fsp3) is 0.286. The summed E-state index contributed by atoms with van der Waals surface area (Å²) in [5.74, 6) is 0.186. The van der Waals surface area contributed by atoms with Crippen molar-refractivity contribution in [1.29, 1.82) is 0 Å². The SMILES string of the molecule is CCn1c(=O)/c(=C2\Sc3cc(C(C)C)ccc3N2C)s/c1=C\c1scc[n+]1Cc1ccccc1OC(F)(F)F.[Cl-]. The predicted octanol–water partition coefficient (Wildman–Crippen LogP) is 2.49. The van der Waals surface area contributed by atoms with Gasteiger partial charge in [-0.05, 0) is 42.7 Å². The Labute approximate surface area is 248 Å². The monoisotopic (exact) mass is 625 g/mol. The molecule has 3 heterocycles. The molecule has 2 aromatic heterocycles. The Morgan fingerprint density at radius 2 is 1.90 bits per heavy atom. The standard InChI is InChI=1S/C28H27F3N3O2S3.ClH/c1-5-34-24(15-23-33(12-13-37-23)16-19-8-6-7-9-21(19)36-28(29,30)31)39-25(26(34)35)27-32(4)20-11-10-18(17(2)3)14-22(20)38-27;/h6-15,17H,5,16H2,1-4H3;1H/q+1;/p-1/b27-25+;. The van der Waals surface area contributed by atoms with E-state index in [1.165, 1.54) is 40.4 Å². The topological polar surface area (TPSA) is 38.4 Å². The summed E-state index contributed by atoms with van der Waals surface area (Å²) in [4.78, 5) is 16.7. The lowest BCUT2D eigenvalue weighted by molar-refractivity contribution is -0.685. The molecule has 5 nitrogen and oxygen atoms in total. The minimum absolute atomic E-state index is 0. The summed E-state index contributed by atoms with van der Waals surface area (Å²) in [6.45, 7) is 6.95. The number of halogens is 4. The number of fused-ring (bicyclic) bond motifs is 1. The summed E-state index contributed by atoms with van der Waals surface area (Å²) < 4.78 is 48.0. The maximum atomic E-state index is 13.5. The average Bonchev–Trinajstić information content (AvgIpc) is 3.55. The third-order valence-electron chi connectivity index (χ3n) is 6.44. The fourth-order valence-corrected chi connectivity index (χ4v) is 7.77. The fourth-order valence-electron chi connectivity index (χ4n) is 4.41. The van der Waals surface area contributed by atoms with Crippen LogP contribution in [0.3, 0.4) is 0 Å². The molecule has 0 spiro atoms. The largest absolute Gasteiger partial charge is 1.00 e. The minimum atomic E-state index is -4.77. The quantitative estimate of drug-likeness (QED) is 0.309. The minimum Gasteiger partial charge on any atom is -1.00 e. The molecule has 1 aliphatic heterocycles. The first-order chi connectivity index (χ1) is 18.6. The van der Waals surface area contributed by atoms with Gasteiger partial charge in [-0.2, -0.15) is 4.57 Å². The third-order valence-corrected chi connectivity index (χ3v) is 9.76. The Morgan fingerprint density at radius 3 is 2.60 bits per heavy atom. The second kappa shape index (κ2) is 12.0.